The lowest BCUT2D eigenvalue weighted by Crippen LogP contribution is -1.98. The van der Waals surface area contributed by atoms with Gasteiger partial charge in [0.05, 0.1) is 12.1 Å². The Balaban J connectivity index is 2.21. The van der Waals surface area contributed by atoms with Crippen molar-refractivity contribution in [3.63, 3.8) is 0 Å². The summed E-state index contributed by atoms with van der Waals surface area (Å²) in [5, 5.41) is 9.06. The largest absolute Gasteiger partial charge is 0.493 e. The monoisotopic (exact) mass is 318 g/mol. The maximum atomic E-state index is 10.6. The molecule has 0 aliphatic heterocycles. The molecule has 5 heteroatoms. The van der Waals surface area contributed by atoms with Crippen molar-refractivity contribution in [1.82, 2.24) is 0 Å². The summed E-state index contributed by atoms with van der Waals surface area (Å²) in [6.45, 7) is 0.387. The molecule has 1 N–H and O–H groups in total. The molecule has 0 bridgehead atoms. The topological polar surface area (TPSA) is 55.8 Å². The molecule has 114 valence electrons. The molecule has 22 heavy (non-hydrogen) atoms. The second-order valence-electron chi connectivity index (χ2n) is 4.47. The van der Waals surface area contributed by atoms with E-state index in [-0.39, 0.29) is 0 Å². The van der Waals surface area contributed by atoms with Crippen molar-refractivity contribution in [3.05, 3.63) is 64.7 Å². The number of methoxy groups -OCH3 is 1. The standard InChI is InChI=1S/C17H15ClO4/c1-21-15-9-13(7-8-17(19)20)14(18)10-16(15)22-11-12-5-3-2-4-6-12/h2-10H,11H2,1H3,(H,19,20). The SMILES string of the molecule is COc1cc(C=CC(=O)O)c(Cl)cc1OCc1ccccc1. The molecule has 2 aromatic carbocycles. The molecule has 0 unspecified atom stereocenters. The van der Waals surface area contributed by atoms with Crippen molar-refractivity contribution < 1.29 is 19.4 Å². The summed E-state index contributed by atoms with van der Waals surface area (Å²) in [5.74, 6) is -0.0476. The molecule has 2 aromatic rings. The lowest BCUT2D eigenvalue weighted by atomic mass is 10.2. The maximum Gasteiger partial charge on any atom is 0.328 e. The van der Waals surface area contributed by atoms with Crippen molar-refractivity contribution in [2.75, 3.05) is 7.11 Å². The van der Waals surface area contributed by atoms with Crippen LogP contribution in [0.1, 0.15) is 11.1 Å². The van der Waals surface area contributed by atoms with E-state index in [1.54, 1.807) is 12.1 Å². The predicted octanol–water partition coefficient (Wildman–Crippen LogP) is 4.03. The number of hydrogen-bond donors (Lipinski definition) is 1. The van der Waals surface area contributed by atoms with E-state index in [4.69, 9.17) is 26.2 Å². The van der Waals surface area contributed by atoms with Crippen molar-refractivity contribution in [2.24, 2.45) is 0 Å². The van der Waals surface area contributed by atoms with Crippen LogP contribution >= 0.6 is 11.6 Å². The van der Waals surface area contributed by atoms with E-state index in [9.17, 15) is 4.79 Å². The summed E-state index contributed by atoms with van der Waals surface area (Å²) in [5.41, 5.74) is 1.57. The Morgan fingerprint density at radius 2 is 1.95 bits per heavy atom. The van der Waals surface area contributed by atoms with Gasteiger partial charge in [-0.05, 0) is 23.3 Å². The summed E-state index contributed by atoms with van der Waals surface area (Å²) in [4.78, 5) is 10.6. The van der Waals surface area contributed by atoms with Crippen LogP contribution in [0.25, 0.3) is 6.08 Å². The van der Waals surface area contributed by atoms with Gasteiger partial charge in [-0.3, -0.25) is 0 Å². The molecular formula is C17H15ClO4. The third-order valence-corrected chi connectivity index (χ3v) is 3.25. The number of carboxylic acids is 1. The van der Waals surface area contributed by atoms with E-state index in [0.717, 1.165) is 11.6 Å². The van der Waals surface area contributed by atoms with Gasteiger partial charge in [0.1, 0.15) is 6.61 Å². The molecule has 0 radical (unpaired) electrons. The van der Waals surface area contributed by atoms with Gasteiger partial charge in [-0.25, -0.2) is 4.79 Å². The molecule has 0 saturated carbocycles. The molecule has 2 rings (SSSR count). The van der Waals surface area contributed by atoms with Crippen molar-refractivity contribution in [1.29, 1.82) is 0 Å². The van der Waals surface area contributed by atoms with E-state index in [2.05, 4.69) is 0 Å². The van der Waals surface area contributed by atoms with Crippen LogP contribution < -0.4 is 9.47 Å². The lowest BCUT2D eigenvalue weighted by molar-refractivity contribution is -0.131. The molecule has 0 saturated heterocycles. The zero-order valence-corrected chi connectivity index (χ0v) is 12.7. The molecule has 0 fully saturated rings. The van der Waals surface area contributed by atoms with Crippen molar-refractivity contribution in [2.45, 2.75) is 6.61 Å². The number of rotatable bonds is 6. The fourth-order valence-corrected chi connectivity index (χ4v) is 2.06. The molecule has 0 aromatic heterocycles. The second kappa shape index (κ2) is 7.52. The Morgan fingerprint density at radius 1 is 1.23 bits per heavy atom. The van der Waals surface area contributed by atoms with Gasteiger partial charge < -0.3 is 14.6 Å². The minimum atomic E-state index is -1.04. The van der Waals surface area contributed by atoms with Gasteiger partial charge in [-0.15, -0.1) is 0 Å². The fourth-order valence-electron chi connectivity index (χ4n) is 1.85. The Labute approximate surface area is 133 Å². The van der Waals surface area contributed by atoms with Crippen molar-refractivity contribution >= 4 is 23.6 Å². The van der Waals surface area contributed by atoms with E-state index in [1.807, 2.05) is 30.3 Å². The number of halogens is 1. The molecule has 0 aliphatic rings. The van der Waals surface area contributed by atoms with E-state index >= 15 is 0 Å². The van der Waals surface area contributed by atoms with Gasteiger partial charge in [-0.1, -0.05) is 41.9 Å². The smallest absolute Gasteiger partial charge is 0.328 e. The van der Waals surface area contributed by atoms with Gasteiger partial charge in [0.25, 0.3) is 0 Å². The van der Waals surface area contributed by atoms with Crippen LogP contribution in [0.3, 0.4) is 0 Å². The summed E-state index contributed by atoms with van der Waals surface area (Å²) >= 11 is 6.14. The average Bonchev–Trinajstić information content (AvgIpc) is 2.52. The van der Waals surface area contributed by atoms with E-state index in [1.165, 1.54) is 13.2 Å². The quantitative estimate of drug-likeness (QED) is 0.817. The minimum absolute atomic E-state index is 0.387. The van der Waals surface area contributed by atoms with Crippen LogP contribution in [0.2, 0.25) is 5.02 Å². The fraction of sp³-hybridized carbons (Fsp3) is 0.118. The Morgan fingerprint density at radius 3 is 2.59 bits per heavy atom. The highest BCUT2D eigenvalue weighted by Crippen LogP contribution is 2.34. The van der Waals surface area contributed by atoms with Crippen LogP contribution in [-0.4, -0.2) is 18.2 Å². The number of carbonyl (C=O) groups is 1. The van der Waals surface area contributed by atoms with Crippen molar-refractivity contribution in [3.8, 4) is 11.5 Å². The highest BCUT2D eigenvalue weighted by atomic mass is 35.5. The van der Waals surface area contributed by atoms with Crippen LogP contribution in [0.5, 0.6) is 11.5 Å². The van der Waals surface area contributed by atoms with Crippen LogP contribution in [0.4, 0.5) is 0 Å². The van der Waals surface area contributed by atoms with Gasteiger partial charge in [0.15, 0.2) is 11.5 Å². The number of hydrogen-bond acceptors (Lipinski definition) is 3. The Kier molecular flexibility index (Phi) is 5.44. The number of aliphatic carboxylic acids is 1. The average molecular weight is 319 g/mol. The first-order valence-electron chi connectivity index (χ1n) is 6.55. The Bertz CT molecular complexity index is 681. The molecular weight excluding hydrogens is 304 g/mol. The molecule has 0 amide bonds. The summed E-state index contributed by atoms with van der Waals surface area (Å²) in [6.07, 6.45) is 2.43. The number of carboxylic acid groups (broad SMARTS) is 1. The third kappa shape index (κ3) is 4.27. The zero-order chi connectivity index (χ0) is 15.9. The lowest BCUT2D eigenvalue weighted by Gasteiger charge is -2.12. The molecule has 4 nitrogen and oxygen atoms in total. The number of ether oxygens (including phenoxy) is 2. The highest BCUT2D eigenvalue weighted by molar-refractivity contribution is 6.32. The van der Waals surface area contributed by atoms with Crippen LogP contribution in [0.15, 0.2) is 48.5 Å². The summed E-state index contributed by atoms with van der Waals surface area (Å²) in [7, 11) is 1.52. The predicted molar refractivity (Wildman–Crippen MR) is 85.4 cm³/mol. The van der Waals surface area contributed by atoms with E-state index in [0.29, 0.717) is 28.7 Å². The first-order chi connectivity index (χ1) is 10.6. The maximum absolute atomic E-state index is 10.6. The number of benzene rings is 2. The van der Waals surface area contributed by atoms with Gasteiger partial charge >= 0.3 is 5.97 Å². The highest BCUT2D eigenvalue weighted by Gasteiger charge is 2.10. The zero-order valence-electron chi connectivity index (χ0n) is 12.0. The van der Waals surface area contributed by atoms with Crippen LogP contribution in [-0.2, 0) is 11.4 Å². The van der Waals surface area contributed by atoms with Crippen LogP contribution in [0, 0.1) is 0 Å². The van der Waals surface area contributed by atoms with Gasteiger partial charge in [-0.2, -0.15) is 0 Å². The molecule has 0 heterocycles. The molecule has 0 spiro atoms. The molecule has 0 atom stereocenters. The van der Waals surface area contributed by atoms with Gasteiger partial charge in [0, 0.05) is 12.1 Å². The second-order valence-corrected chi connectivity index (χ2v) is 4.88. The third-order valence-electron chi connectivity index (χ3n) is 2.93. The first-order valence-corrected chi connectivity index (χ1v) is 6.93. The normalized spacial score (nSPS) is 10.6. The Hall–Kier alpha value is -2.46. The molecule has 0 aliphatic carbocycles. The minimum Gasteiger partial charge on any atom is -0.493 e. The van der Waals surface area contributed by atoms with E-state index < -0.39 is 5.97 Å². The first kappa shape index (κ1) is 15.9. The van der Waals surface area contributed by atoms with Gasteiger partial charge in [0.2, 0.25) is 0 Å². The summed E-state index contributed by atoms with van der Waals surface area (Å²) < 4.78 is 11.0. The summed E-state index contributed by atoms with van der Waals surface area (Å²) in [6, 6.07) is 13.0.